The molecule has 0 bridgehead atoms. The maximum absolute atomic E-state index is 11.8. The van der Waals surface area contributed by atoms with Gasteiger partial charge in [-0.15, -0.1) is 5.10 Å². The van der Waals surface area contributed by atoms with Crippen LogP contribution in [-0.2, 0) is 20.9 Å². The van der Waals surface area contributed by atoms with Crippen LogP contribution in [0, 0.1) is 0 Å². The van der Waals surface area contributed by atoms with E-state index in [2.05, 4.69) is 25.2 Å². The minimum Gasteiger partial charge on any atom is -0.493 e. The zero-order chi connectivity index (χ0) is 20.5. The number of thioether (sulfide) groups is 1. The molecule has 1 aliphatic rings. The van der Waals surface area contributed by atoms with Gasteiger partial charge >= 0.3 is 5.97 Å². The van der Waals surface area contributed by atoms with Gasteiger partial charge in [0.2, 0.25) is 0 Å². The molecule has 1 aliphatic heterocycles. The summed E-state index contributed by atoms with van der Waals surface area (Å²) >= 11 is 1.01. The summed E-state index contributed by atoms with van der Waals surface area (Å²) in [5.41, 5.74) is 0.763. The Balaban J connectivity index is 1.56. The summed E-state index contributed by atoms with van der Waals surface area (Å²) in [6, 6.07) is 7.47. The normalized spacial score (nSPS) is 16.5. The van der Waals surface area contributed by atoms with Crippen molar-refractivity contribution < 1.29 is 19.1 Å². The SMILES string of the molecule is COC(=O)/C=C1/S/C(=N\N=Cc2ccccc2OCCCn2ccnc2)NC1=O. The lowest BCUT2D eigenvalue weighted by atomic mass is 10.2. The minimum absolute atomic E-state index is 0.201. The van der Waals surface area contributed by atoms with Crippen LogP contribution in [0.2, 0.25) is 0 Å². The fraction of sp³-hybridized carbons (Fsp3) is 0.211. The van der Waals surface area contributed by atoms with Crippen LogP contribution in [0.15, 0.2) is 64.2 Å². The van der Waals surface area contributed by atoms with E-state index in [-0.39, 0.29) is 10.1 Å². The van der Waals surface area contributed by atoms with E-state index in [0.29, 0.717) is 12.4 Å². The molecule has 0 spiro atoms. The predicted molar refractivity (Wildman–Crippen MR) is 110 cm³/mol. The van der Waals surface area contributed by atoms with Crippen molar-refractivity contribution in [3.8, 4) is 5.75 Å². The molecule has 0 unspecified atom stereocenters. The molecule has 2 heterocycles. The van der Waals surface area contributed by atoms with Gasteiger partial charge in [-0.25, -0.2) is 9.78 Å². The van der Waals surface area contributed by atoms with Crippen molar-refractivity contribution in [2.45, 2.75) is 13.0 Å². The number of hydrogen-bond donors (Lipinski definition) is 1. The van der Waals surface area contributed by atoms with E-state index in [4.69, 9.17) is 4.74 Å². The van der Waals surface area contributed by atoms with E-state index in [1.807, 2.05) is 35.0 Å². The van der Waals surface area contributed by atoms with Crippen molar-refractivity contribution in [2.24, 2.45) is 10.2 Å². The number of amides is 1. The predicted octanol–water partition coefficient (Wildman–Crippen LogP) is 1.96. The molecule has 29 heavy (non-hydrogen) atoms. The van der Waals surface area contributed by atoms with Gasteiger partial charge in [0, 0.05) is 30.6 Å². The molecule has 1 amide bonds. The molecule has 10 heteroatoms. The van der Waals surface area contributed by atoms with Crippen LogP contribution in [0.1, 0.15) is 12.0 Å². The highest BCUT2D eigenvalue weighted by molar-refractivity contribution is 8.18. The number of carbonyl (C=O) groups is 2. The third-order valence-electron chi connectivity index (χ3n) is 3.74. The molecule has 0 radical (unpaired) electrons. The number of carbonyl (C=O) groups excluding carboxylic acids is 2. The van der Waals surface area contributed by atoms with Crippen molar-refractivity contribution in [3.63, 3.8) is 0 Å². The lowest BCUT2D eigenvalue weighted by molar-refractivity contribution is -0.135. The lowest BCUT2D eigenvalue weighted by Crippen LogP contribution is -2.19. The van der Waals surface area contributed by atoms with Crippen molar-refractivity contribution in [2.75, 3.05) is 13.7 Å². The number of nitrogens with zero attached hydrogens (tertiary/aromatic N) is 4. The lowest BCUT2D eigenvalue weighted by Gasteiger charge is -2.08. The third-order valence-corrected chi connectivity index (χ3v) is 4.64. The number of amidine groups is 1. The van der Waals surface area contributed by atoms with E-state index < -0.39 is 11.9 Å². The van der Waals surface area contributed by atoms with Crippen LogP contribution in [0.25, 0.3) is 0 Å². The number of ether oxygens (including phenoxy) is 2. The number of hydrogen-bond acceptors (Lipinski definition) is 8. The molecule has 1 aromatic carbocycles. The molecule has 150 valence electrons. The second-order valence-electron chi connectivity index (χ2n) is 5.78. The average molecular weight is 413 g/mol. The molecule has 0 atom stereocenters. The monoisotopic (exact) mass is 413 g/mol. The standard InChI is InChI=1S/C19H19N5O4S/c1-27-17(25)11-16-18(26)22-19(29-16)23-21-12-14-5-2-3-6-15(14)28-10-4-8-24-9-7-20-13-24/h2-3,5-7,9,11-13H,4,8,10H2,1H3,(H,22,23,26)/b16-11+,21-12?. The first-order valence-electron chi connectivity index (χ1n) is 8.73. The zero-order valence-corrected chi connectivity index (χ0v) is 16.5. The van der Waals surface area contributed by atoms with Crippen LogP contribution in [0.5, 0.6) is 5.75 Å². The Kier molecular flexibility index (Phi) is 7.17. The molecule has 0 saturated carbocycles. The summed E-state index contributed by atoms with van der Waals surface area (Å²) < 4.78 is 12.3. The van der Waals surface area contributed by atoms with E-state index >= 15 is 0 Å². The van der Waals surface area contributed by atoms with Crippen molar-refractivity contribution >= 4 is 35.0 Å². The Morgan fingerprint density at radius 3 is 3.03 bits per heavy atom. The number of rotatable bonds is 8. The fourth-order valence-corrected chi connectivity index (χ4v) is 3.09. The molecule has 1 aromatic heterocycles. The van der Waals surface area contributed by atoms with Gasteiger partial charge in [-0.1, -0.05) is 12.1 Å². The topological polar surface area (TPSA) is 107 Å². The van der Waals surface area contributed by atoms with E-state index in [0.717, 1.165) is 36.4 Å². The van der Waals surface area contributed by atoms with Gasteiger partial charge in [-0.05, 0) is 30.3 Å². The number of methoxy groups -OCH3 is 1. The number of benzene rings is 1. The first kappa shape index (κ1) is 20.3. The van der Waals surface area contributed by atoms with Gasteiger partial charge < -0.3 is 14.0 Å². The highest BCUT2D eigenvalue weighted by atomic mass is 32.2. The Bertz CT molecular complexity index is 953. The van der Waals surface area contributed by atoms with Gasteiger partial charge in [-0.2, -0.15) is 5.10 Å². The minimum atomic E-state index is -0.605. The van der Waals surface area contributed by atoms with E-state index in [1.165, 1.54) is 7.11 Å². The van der Waals surface area contributed by atoms with Crippen molar-refractivity contribution in [1.82, 2.24) is 14.9 Å². The highest BCUT2D eigenvalue weighted by Gasteiger charge is 2.25. The number of aryl methyl sites for hydroxylation is 1. The Hall–Kier alpha value is -3.40. The van der Waals surface area contributed by atoms with Crippen LogP contribution in [-0.4, -0.2) is 46.5 Å². The van der Waals surface area contributed by atoms with Gasteiger partial charge in [0.05, 0.1) is 31.2 Å². The van der Waals surface area contributed by atoms with Crippen LogP contribution >= 0.6 is 11.8 Å². The first-order chi connectivity index (χ1) is 14.2. The van der Waals surface area contributed by atoms with Gasteiger partial charge in [-0.3, -0.25) is 10.1 Å². The number of nitrogens with one attached hydrogen (secondary N) is 1. The number of esters is 1. The largest absolute Gasteiger partial charge is 0.493 e. The van der Waals surface area contributed by atoms with Crippen LogP contribution in [0.3, 0.4) is 0 Å². The molecule has 9 nitrogen and oxygen atoms in total. The molecule has 3 rings (SSSR count). The maximum Gasteiger partial charge on any atom is 0.331 e. The Morgan fingerprint density at radius 2 is 2.24 bits per heavy atom. The molecular formula is C19H19N5O4S. The average Bonchev–Trinajstić information content (AvgIpc) is 3.36. The Morgan fingerprint density at radius 1 is 1.38 bits per heavy atom. The number of aromatic nitrogens is 2. The summed E-state index contributed by atoms with van der Waals surface area (Å²) in [4.78, 5) is 27.2. The highest BCUT2D eigenvalue weighted by Crippen LogP contribution is 2.23. The molecule has 1 N–H and O–H groups in total. The molecule has 1 fully saturated rings. The molecule has 1 saturated heterocycles. The third kappa shape index (κ3) is 6.04. The summed E-state index contributed by atoms with van der Waals surface area (Å²) in [5.74, 6) is -0.334. The van der Waals surface area contributed by atoms with Gasteiger partial charge in [0.25, 0.3) is 5.91 Å². The first-order valence-corrected chi connectivity index (χ1v) is 9.55. The number of para-hydroxylation sites is 1. The fourth-order valence-electron chi connectivity index (χ4n) is 2.35. The van der Waals surface area contributed by atoms with Crippen molar-refractivity contribution in [3.05, 3.63) is 59.5 Å². The number of imidazole rings is 1. The molecule has 2 aromatic rings. The summed E-state index contributed by atoms with van der Waals surface area (Å²) in [5, 5.41) is 10.8. The van der Waals surface area contributed by atoms with Crippen LogP contribution < -0.4 is 10.1 Å². The van der Waals surface area contributed by atoms with Gasteiger partial charge in [0.1, 0.15) is 5.75 Å². The molecule has 0 aliphatic carbocycles. The zero-order valence-electron chi connectivity index (χ0n) is 15.6. The second-order valence-corrected chi connectivity index (χ2v) is 6.81. The molecular weight excluding hydrogens is 394 g/mol. The second kappa shape index (κ2) is 10.2. The van der Waals surface area contributed by atoms with Crippen molar-refractivity contribution in [1.29, 1.82) is 0 Å². The van der Waals surface area contributed by atoms with Gasteiger partial charge in [0.15, 0.2) is 5.17 Å². The van der Waals surface area contributed by atoms with E-state index in [9.17, 15) is 9.59 Å². The maximum atomic E-state index is 11.8. The van der Waals surface area contributed by atoms with E-state index in [1.54, 1.807) is 18.7 Å². The summed E-state index contributed by atoms with van der Waals surface area (Å²) in [7, 11) is 1.24. The van der Waals surface area contributed by atoms with Crippen LogP contribution in [0.4, 0.5) is 0 Å². The summed E-state index contributed by atoms with van der Waals surface area (Å²) in [6.45, 7) is 1.37. The smallest absolute Gasteiger partial charge is 0.331 e. The Labute approximate surface area is 171 Å². The quantitative estimate of drug-likeness (QED) is 0.233. The summed E-state index contributed by atoms with van der Waals surface area (Å²) in [6.07, 6.45) is 8.92.